The second kappa shape index (κ2) is 4.19. The Morgan fingerprint density at radius 2 is 2.22 bits per heavy atom. The summed E-state index contributed by atoms with van der Waals surface area (Å²) < 4.78 is 1.57. The van der Waals surface area contributed by atoms with Gasteiger partial charge in [0.05, 0.1) is 5.69 Å². The molecule has 0 bridgehead atoms. The van der Waals surface area contributed by atoms with Crippen LogP contribution in [0.1, 0.15) is 11.3 Å². The molecule has 94 valence electrons. The Morgan fingerprint density at radius 3 is 2.94 bits per heavy atom. The third-order valence-corrected chi connectivity index (χ3v) is 3.25. The number of nitrogens with zero attached hydrogens (tertiary/aromatic N) is 3. The van der Waals surface area contributed by atoms with Gasteiger partial charge in [-0.15, -0.1) is 0 Å². The summed E-state index contributed by atoms with van der Waals surface area (Å²) in [6.07, 6.45) is 1.77. The summed E-state index contributed by atoms with van der Waals surface area (Å²) in [4.78, 5) is 18.7. The zero-order valence-corrected chi connectivity index (χ0v) is 10.3. The van der Waals surface area contributed by atoms with Crippen molar-refractivity contribution in [3.05, 3.63) is 46.0 Å². The van der Waals surface area contributed by atoms with E-state index in [0.29, 0.717) is 12.2 Å². The zero-order chi connectivity index (χ0) is 12.7. The highest BCUT2D eigenvalue weighted by Crippen LogP contribution is 2.10. The van der Waals surface area contributed by atoms with Crippen molar-refractivity contribution in [3.63, 3.8) is 0 Å². The average molecular weight is 244 g/mol. The molecule has 1 saturated heterocycles. The van der Waals surface area contributed by atoms with E-state index in [4.69, 9.17) is 5.73 Å². The second-order valence-corrected chi connectivity index (χ2v) is 4.97. The second-order valence-electron chi connectivity index (χ2n) is 4.97. The fourth-order valence-corrected chi connectivity index (χ4v) is 2.30. The molecule has 0 unspecified atom stereocenters. The van der Waals surface area contributed by atoms with Gasteiger partial charge in [-0.3, -0.25) is 14.1 Å². The SMILES string of the molecule is Cc1ccn2c(=O)cc(CN3CC(N)C3)nc2c1. The van der Waals surface area contributed by atoms with E-state index in [2.05, 4.69) is 9.88 Å². The topological polar surface area (TPSA) is 63.6 Å². The maximum absolute atomic E-state index is 11.9. The van der Waals surface area contributed by atoms with E-state index < -0.39 is 0 Å². The van der Waals surface area contributed by atoms with Crippen molar-refractivity contribution in [1.82, 2.24) is 14.3 Å². The number of likely N-dealkylation sites (tertiary alicyclic amines) is 1. The molecule has 0 aliphatic carbocycles. The van der Waals surface area contributed by atoms with E-state index in [-0.39, 0.29) is 11.6 Å². The Hall–Kier alpha value is -1.72. The van der Waals surface area contributed by atoms with E-state index in [1.54, 1.807) is 16.7 Å². The third-order valence-electron chi connectivity index (χ3n) is 3.25. The molecular formula is C13H16N4O. The first kappa shape index (κ1) is 11.4. The van der Waals surface area contributed by atoms with Crippen LogP contribution in [0.4, 0.5) is 0 Å². The van der Waals surface area contributed by atoms with E-state index in [9.17, 15) is 4.79 Å². The first-order valence-electron chi connectivity index (χ1n) is 6.09. The Balaban J connectivity index is 1.96. The Kier molecular flexibility index (Phi) is 2.65. The molecule has 0 spiro atoms. The molecule has 2 N–H and O–H groups in total. The molecule has 0 atom stereocenters. The predicted molar refractivity (Wildman–Crippen MR) is 69.5 cm³/mol. The highest BCUT2D eigenvalue weighted by molar-refractivity contribution is 5.41. The normalized spacial score (nSPS) is 17.0. The van der Waals surface area contributed by atoms with Crippen LogP contribution < -0.4 is 11.3 Å². The van der Waals surface area contributed by atoms with Crippen molar-refractivity contribution in [2.75, 3.05) is 13.1 Å². The van der Waals surface area contributed by atoms with Gasteiger partial charge in [0.2, 0.25) is 0 Å². The van der Waals surface area contributed by atoms with Gasteiger partial charge in [0.1, 0.15) is 5.65 Å². The Labute approximate surface area is 105 Å². The molecule has 3 heterocycles. The van der Waals surface area contributed by atoms with Crippen LogP contribution in [0.15, 0.2) is 29.2 Å². The summed E-state index contributed by atoms with van der Waals surface area (Å²) >= 11 is 0. The van der Waals surface area contributed by atoms with Gasteiger partial charge in [-0.1, -0.05) is 0 Å². The molecule has 18 heavy (non-hydrogen) atoms. The molecule has 0 saturated carbocycles. The van der Waals surface area contributed by atoms with Crippen molar-refractivity contribution < 1.29 is 0 Å². The molecule has 2 aromatic heterocycles. The quantitative estimate of drug-likeness (QED) is 0.816. The van der Waals surface area contributed by atoms with Crippen LogP contribution in [-0.4, -0.2) is 33.4 Å². The lowest BCUT2D eigenvalue weighted by atomic mass is 10.1. The van der Waals surface area contributed by atoms with Crippen LogP contribution in [0.3, 0.4) is 0 Å². The minimum absolute atomic E-state index is 0.0279. The van der Waals surface area contributed by atoms with E-state index in [1.807, 2.05) is 19.1 Å². The number of fused-ring (bicyclic) bond motifs is 1. The van der Waals surface area contributed by atoms with Crippen LogP contribution in [0.25, 0.3) is 5.65 Å². The lowest BCUT2D eigenvalue weighted by Gasteiger charge is -2.36. The van der Waals surface area contributed by atoms with Crippen molar-refractivity contribution in [2.24, 2.45) is 5.73 Å². The summed E-state index contributed by atoms with van der Waals surface area (Å²) in [7, 11) is 0. The number of rotatable bonds is 2. The summed E-state index contributed by atoms with van der Waals surface area (Å²) in [5.41, 5.74) is 8.34. The van der Waals surface area contributed by atoms with Gasteiger partial charge in [0.15, 0.2) is 0 Å². The number of pyridine rings is 1. The van der Waals surface area contributed by atoms with E-state index in [1.165, 1.54) is 0 Å². The molecular weight excluding hydrogens is 228 g/mol. The number of hydrogen-bond donors (Lipinski definition) is 1. The van der Waals surface area contributed by atoms with Gasteiger partial charge in [-0.25, -0.2) is 4.98 Å². The maximum atomic E-state index is 11.9. The molecule has 5 nitrogen and oxygen atoms in total. The van der Waals surface area contributed by atoms with Crippen LogP contribution in [-0.2, 0) is 6.54 Å². The Bertz CT molecular complexity index is 643. The van der Waals surface area contributed by atoms with Crippen LogP contribution >= 0.6 is 0 Å². The number of aromatic nitrogens is 2. The number of nitrogens with two attached hydrogens (primary N) is 1. The standard InChI is InChI=1S/C13H16N4O/c1-9-2-3-17-12(4-9)15-11(5-13(17)18)8-16-6-10(14)7-16/h2-5,10H,6-8,14H2,1H3. The van der Waals surface area contributed by atoms with Crippen molar-refractivity contribution in [3.8, 4) is 0 Å². The lowest BCUT2D eigenvalue weighted by Crippen LogP contribution is -2.55. The molecule has 5 heteroatoms. The number of hydrogen-bond acceptors (Lipinski definition) is 4. The monoisotopic (exact) mass is 244 g/mol. The van der Waals surface area contributed by atoms with Gasteiger partial charge in [-0.2, -0.15) is 0 Å². The summed E-state index contributed by atoms with van der Waals surface area (Å²) in [5, 5.41) is 0. The molecule has 1 aliphatic rings. The lowest BCUT2D eigenvalue weighted by molar-refractivity contribution is 0.140. The van der Waals surface area contributed by atoms with Crippen LogP contribution in [0, 0.1) is 6.92 Å². The van der Waals surface area contributed by atoms with Gasteiger partial charge in [0, 0.05) is 37.9 Å². The molecule has 0 amide bonds. The van der Waals surface area contributed by atoms with E-state index in [0.717, 1.165) is 24.3 Å². The third kappa shape index (κ3) is 2.02. The minimum Gasteiger partial charge on any atom is -0.325 e. The summed E-state index contributed by atoms with van der Waals surface area (Å²) in [6, 6.07) is 5.71. The smallest absolute Gasteiger partial charge is 0.258 e. The fraction of sp³-hybridized carbons (Fsp3) is 0.385. The van der Waals surface area contributed by atoms with E-state index >= 15 is 0 Å². The molecule has 0 aromatic carbocycles. The van der Waals surface area contributed by atoms with Crippen LogP contribution in [0.5, 0.6) is 0 Å². The molecule has 1 fully saturated rings. The fourth-order valence-electron chi connectivity index (χ4n) is 2.30. The average Bonchev–Trinajstić information content (AvgIpc) is 2.26. The summed E-state index contributed by atoms with van der Waals surface area (Å²) in [5.74, 6) is 0. The predicted octanol–water partition coefficient (Wildman–Crippen LogP) is 0.146. The highest BCUT2D eigenvalue weighted by Gasteiger charge is 2.23. The van der Waals surface area contributed by atoms with Gasteiger partial charge in [0.25, 0.3) is 5.56 Å². The molecule has 2 aromatic rings. The summed E-state index contributed by atoms with van der Waals surface area (Å²) in [6.45, 7) is 4.46. The van der Waals surface area contributed by atoms with Crippen molar-refractivity contribution in [1.29, 1.82) is 0 Å². The molecule has 0 radical (unpaired) electrons. The van der Waals surface area contributed by atoms with Gasteiger partial charge >= 0.3 is 0 Å². The van der Waals surface area contributed by atoms with Crippen molar-refractivity contribution >= 4 is 5.65 Å². The van der Waals surface area contributed by atoms with Crippen molar-refractivity contribution in [2.45, 2.75) is 19.5 Å². The number of aryl methyl sites for hydroxylation is 1. The van der Waals surface area contributed by atoms with Crippen LogP contribution in [0.2, 0.25) is 0 Å². The minimum atomic E-state index is -0.0279. The first-order valence-corrected chi connectivity index (χ1v) is 6.09. The van der Waals surface area contributed by atoms with Gasteiger partial charge < -0.3 is 5.73 Å². The zero-order valence-electron chi connectivity index (χ0n) is 10.3. The largest absolute Gasteiger partial charge is 0.325 e. The first-order chi connectivity index (χ1) is 8.61. The molecule has 1 aliphatic heterocycles. The maximum Gasteiger partial charge on any atom is 0.258 e. The Morgan fingerprint density at radius 1 is 1.44 bits per heavy atom. The molecule has 3 rings (SSSR count). The van der Waals surface area contributed by atoms with Gasteiger partial charge in [-0.05, 0) is 24.6 Å². The highest BCUT2D eigenvalue weighted by atomic mass is 16.1.